The quantitative estimate of drug-likeness (QED) is 0.148. The van der Waals surface area contributed by atoms with Gasteiger partial charge in [0, 0.05) is 28.2 Å². The molecule has 22 aromatic rings. The number of rotatable bonds is 0. The highest BCUT2D eigenvalue weighted by Gasteiger charge is 1.92. The van der Waals surface area contributed by atoms with Crippen LogP contribution in [0.25, 0.3) is 61.7 Å². The molecule has 22 rings (SSSR count). The van der Waals surface area contributed by atoms with Crippen LogP contribution in [0.2, 0.25) is 0 Å². The van der Waals surface area contributed by atoms with E-state index in [0.717, 1.165) is 61.7 Å². The van der Waals surface area contributed by atoms with Crippen molar-refractivity contribution in [1.29, 1.82) is 0 Å². The van der Waals surface area contributed by atoms with E-state index in [1.165, 1.54) is 0 Å². The smallest absolute Gasteiger partial charge is 0.127 e. The second-order valence-electron chi connectivity index (χ2n) is 9.63. The van der Waals surface area contributed by atoms with Gasteiger partial charge >= 0.3 is 0 Å². The third-order valence-corrected chi connectivity index (χ3v) is 13.6. The largest absolute Gasteiger partial charge is 0.457 e. The monoisotopic (exact) mass is 696 g/mol. The van der Waals surface area contributed by atoms with Crippen molar-refractivity contribution in [1.82, 2.24) is 0 Å². The third-order valence-electron chi connectivity index (χ3n) is 6.35. The van der Waals surface area contributed by atoms with Crippen LogP contribution < -0.4 is 0 Å². The van der Waals surface area contributed by atoms with Gasteiger partial charge in [0.05, 0.1) is 0 Å². The maximum absolute atomic E-state index is 6.09. The van der Waals surface area contributed by atoms with E-state index >= 15 is 0 Å². The van der Waals surface area contributed by atoms with Gasteiger partial charge in [-0.15, -0.1) is 0 Å². The van der Waals surface area contributed by atoms with Crippen LogP contribution in [-0.4, -0.2) is 0 Å². The van der Waals surface area contributed by atoms with E-state index < -0.39 is 0 Å². The van der Waals surface area contributed by atoms with E-state index in [-0.39, 0.29) is 0 Å². The molecular formula is C36H24O3S6. The molecule has 6 aromatic carbocycles. The molecule has 0 saturated carbocycles. The van der Waals surface area contributed by atoms with Gasteiger partial charge in [-0.25, -0.2) is 0 Å². The van der Waals surface area contributed by atoms with Gasteiger partial charge in [-0.3, -0.25) is 0 Å². The van der Waals surface area contributed by atoms with E-state index in [2.05, 4.69) is 72.8 Å². The Morgan fingerprint density at radius 1 is 0.200 bits per heavy atom. The van der Waals surface area contributed by atoms with Crippen molar-refractivity contribution in [3.63, 3.8) is 0 Å². The van der Waals surface area contributed by atoms with Gasteiger partial charge in [0.25, 0.3) is 0 Å². The molecule has 9 heteroatoms. The van der Waals surface area contributed by atoms with Crippen molar-refractivity contribution in [2.45, 2.75) is 0 Å². The Labute approximate surface area is 280 Å². The lowest BCUT2D eigenvalue weighted by molar-refractivity contribution is 0.655. The first-order valence-corrected chi connectivity index (χ1v) is 20.3. The molecule has 3 nitrogen and oxygen atoms in total. The summed E-state index contributed by atoms with van der Waals surface area (Å²) in [5.41, 5.74) is 4.87. The summed E-state index contributed by atoms with van der Waals surface area (Å²) in [5, 5.41) is 0. The molecule has 0 saturated heterocycles. The average molecular weight is 697 g/mol. The van der Waals surface area contributed by atoms with Crippen molar-refractivity contribution < 1.29 is 13.3 Å². The van der Waals surface area contributed by atoms with Gasteiger partial charge < -0.3 is 13.3 Å². The fraction of sp³-hybridized carbons (Fsp3) is 0. The normalized spacial score (nSPS) is 10.7. The van der Waals surface area contributed by atoms with Crippen LogP contribution in [0.3, 0.4) is 0 Å². The van der Waals surface area contributed by atoms with Crippen LogP contribution in [-0.2, 0) is 0 Å². The fourth-order valence-corrected chi connectivity index (χ4v) is 9.87. The minimum absolute atomic E-state index is 0.811. The minimum Gasteiger partial charge on any atom is -0.457 e. The van der Waals surface area contributed by atoms with Crippen LogP contribution in [0.5, 0.6) is 0 Å². The number of benzene rings is 6. The van der Waals surface area contributed by atoms with E-state index in [1.807, 2.05) is 72.8 Å². The van der Waals surface area contributed by atoms with E-state index in [1.54, 1.807) is 62.0 Å². The Bertz CT molecular complexity index is 1920. The summed E-state index contributed by atoms with van der Waals surface area (Å²) in [6.07, 6.45) is 0. The zero-order valence-corrected chi connectivity index (χ0v) is 28.4. The van der Waals surface area contributed by atoms with Crippen LogP contribution in [0.4, 0.5) is 0 Å². The molecule has 0 aliphatic rings. The molecule has 0 N–H and O–H groups in total. The average Bonchev–Trinajstić information content (AvgIpc) is 3.09. The molecule has 0 aliphatic carbocycles. The van der Waals surface area contributed by atoms with Crippen LogP contribution in [0, 0.1) is 0 Å². The molecular weight excluding hydrogens is 673 g/mol. The molecule has 16 heterocycles. The summed E-state index contributed by atoms with van der Waals surface area (Å²) < 4.78 is 25.2. The summed E-state index contributed by atoms with van der Waals surface area (Å²) in [6.45, 7) is 0. The van der Waals surface area contributed by atoms with E-state index in [9.17, 15) is 0 Å². The predicted octanol–water partition coefficient (Wildman–Crippen LogP) is 14.5. The highest BCUT2D eigenvalue weighted by Crippen LogP contribution is 2.23. The van der Waals surface area contributed by atoms with Crippen molar-refractivity contribution in [2.75, 3.05) is 0 Å². The zero-order valence-electron chi connectivity index (χ0n) is 23.5. The van der Waals surface area contributed by atoms with Crippen molar-refractivity contribution >= 4 is 124 Å². The Morgan fingerprint density at radius 3 is 0.467 bits per heavy atom. The topological polar surface area (TPSA) is 39.4 Å². The van der Waals surface area contributed by atoms with Crippen molar-refractivity contribution in [3.8, 4) is 0 Å². The molecule has 0 aliphatic heterocycles. The maximum atomic E-state index is 6.09. The maximum Gasteiger partial charge on any atom is 0.127 e. The van der Waals surface area contributed by atoms with Crippen LogP contribution in [0.15, 0.2) is 159 Å². The molecule has 0 unspecified atom stereocenters. The summed E-state index contributed by atoms with van der Waals surface area (Å²) in [5.74, 6) is 0. The Morgan fingerprint density at radius 2 is 0.333 bits per heavy atom. The Hall–Kier alpha value is -3.96. The lowest BCUT2D eigenvalue weighted by atomic mass is 10.3. The first-order chi connectivity index (χ1) is 22.2. The molecule has 0 fully saturated rings. The van der Waals surface area contributed by atoms with Gasteiger partial charge in [0.2, 0.25) is 0 Å². The third kappa shape index (κ3) is 8.40. The van der Waals surface area contributed by atoms with Gasteiger partial charge in [-0.05, 0) is 146 Å². The molecule has 0 atom stereocenters. The van der Waals surface area contributed by atoms with Crippen molar-refractivity contribution in [2.24, 2.45) is 0 Å². The number of hydrogen-bond acceptors (Lipinski definition) is 9. The second-order valence-corrected chi connectivity index (χ2v) is 16.5. The predicted molar refractivity (Wildman–Crippen MR) is 201 cm³/mol. The Balaban J connectivity index is 1.31. The fourth-order valence-electron chi connectivity index (χ4n) is 4.08. The molecule has 12 bridgehead atoms. The summed E-state index contributed by atoms with van der Waals surface area (Å²) in [4.78, 5) is 0. The molecule has 222 valence electrons. The number of hydrogen-bond donors (Lipinski definition) is 0. The van der Waals surface area contributed by atoms with E-state index in [4.69, 9.17) is 13.3 Å². The van der Waals surface area contributed by atoms with Gasteiger partial charge in [0.1, 0.15) is 33.5 Å². The highest BCUT2D eigenvalue weighted by molar-refractivity contribution is 7.73. The van der Waals surface area contributed by atoms with Gasteiger partial charge in [-0.2, -0.15) is 0 Å². The molecule has 16 aromatic heterocycles. The minimum atomic E-state index is 0.811. The first kappa shape index (κ1) is 29.7. The molecule has 45 heavy (non-hydrogen) atoms. The molecule has 0 radical (unpaired) electrons. The Kier molecular flexibility index (Phi) is 9.53. The molecule has 0 spiro atoms. The van der Waals surface area contributed by atoms with Gasteiger partial charge in [-0.1, -0.05) is 62.0 Å². The van der Waals surface area contributed by atoms with E-state index in [0.29, 0.717) is 0 Å². The lowest BCUT2D eigenvalue weighted by Gasteiger charge is -1.92. The highest BCUT2D eigenvalue weighted by atomic mass is 32.9. The lowest BCUT2D eigenvalue weighted by Crippen LogP contribution is -1.65. The standard InChI is InChI=1S/C36H24O3S6/c1-13-31-14-2-25(1)37-26-3-15-33(16-4-26)42-43-34-19-7-29(8-20-34)39-30-11-23-36(24-12-30)45-44-35-21-9-28(10-22-35)38-27-5-17-32(18-6-27)41-40-31/h1-24H. The SMILES string of the molecule is c1cc2ccc1oc1ccc(cc1)ssc1ccc(cc1)oc1ccc(cc1)ssc1ccc(cc1)oc1ccc(cc1)ss2. The van der Waals surface area contributed by atoms with Crippen molar-refractivity contribution in [3.05, 3.63) is 146 Å². The molecule has 0 amide bonds. The van der Waals surface area contributed by atoms with Crippen LogP contribution >= 0.6 is 62.0 Å². The van der Waals surface area contributed by atoms with Crippen LogP contribution in [0.1, 0.15) is 0 Å². The first-order valence-electron chi connectivity index (χ1n) is 13.9. The summed E-state index contributed by atoms with van der Waals surface area (Å²) in [7, 11) is 10.3. The van der Waals surface area contributed by atoms with Gasteiger partial charge in [0.15, 0.2) is 0 Å². The summed E-state index contributed by atoms with van der Waals surface area (Å²) in [6, 6.07) is 49.1. The summed E-state index contributed by atoms with van der Waals surface area (Å²) >= 11 is 0. The second kappa shape index (κ2) is 14.4. The zero-order chi connectivity index (χ0) is 30.3.